The normalized spacial score (nSPS) is 11.2. The van der Waals surface area contributed by atoms with Crippen LogP contribution in [-0.4, -0.2) is 35.0 Å². The molecule has 3 aromatic rings. The number of hydrogen-bond acceptors (Lipinski definition) is 5. The number of amides is 3. The fourth-order valence-corrected chi connectivity index (χ4v) is 3.46. The lowest BCUT2D eigenvalue weighted by atomic mass is 10.1. The molecule has 0 aliphatic rings. The number of rotatable bonds is 8. The van der Waals surface area contributed by atoms with E-state index in [-0.39, 0.29) is 17.8 Å². The van der Waals surface area contributed by atoms with Gasteiger partial charge in [0.2, 0.25) is 0 Å². The molecule has 9 N–H and O–H groups in total. The molecule has 0 saturated carbocycles. The molecule has 0 aliphatic carbocycles. The largest absolute Gasteiger partial charge is 0.490 e. The Morgan fingerprint density at radius 1 is 0.784 bits per heavy atom. The number of carboxylic acids is 1. The topological polar surface area (TPSA) is 183 Å². The number of carbonyl (C=O) groups excluding carboxylic acids is 2. The van der Waals surface area contributed by atoms with E-state index >= 15 is 0 Å². The number of halogens is 6. The Balaban J connectivity index is 0.000000795. The second-order valence-corrected chi connectivity index (χ2v) is 9.72. The summed E-state index contributed by atoms with van der Waals surface area (Å²) in [5, 5.41) is 22.4. The molecule has 3 rings (SSSR count). The SMILES string of the molecule is C/C=C(N)\C(=C/CC)NC(=O)Nc1ccc(C(=N)N)cc1.CC.CCc1ccc(C(=O)Nc2ccc(C(F)(F)F)cc2)cc1.O=C(O)C(F)(F)F. The molecule has 16 heteroatoms. The summed E-state index contributed by atoms with van der Waals surface area (Å²) in [4.78, 5) is 32.8. The average Bonchev–Trinajstić information content (AvgIpc) is 3.09. The van der Waals surface area contributed by atoms with E-state index in [4.69, 9.17) is 26.8 Å². The molecule has 0 saturated heterocycles. The van der Waals surface area contributed by atoms with Crippen LogP contribution < -0.4 is 27.4 Å². The Kier molecular flexibility index (Phi) is 19.5. The van der Waals surface area contributed by atoms with Crippen molar-refractivity contribution in [2.75, 3.05) is 10.6 Å². The first-order valence-electron chi connectivity index (χ1n) is 15.3. The first-order chi connectivity index (χ1) is 23.8. The van der Waals surface area contributed by atoms with Gasteiger partial charge in [-0.25, -0.2) is 9.59 Å². The van der Waals surface area contributed by atoms with Crippen molar-refractivity contribution in [1.82, 2.24) is 5.32 Å². The van der Waals surface area contributed by atoms with Gasteiger partial charge >= 0.3 is 24.4 Å². The zero-order valence-electron chi connectivity index (χ0n) is 28.6. The summed E-state index contributed by atoms with van der Waals surface area (Å²) >= 11 is 0. The molecule has 0 fully saturated rings. The lowest BCUT2D eigenvalue weighted by Gasteiger charge is -2.11. The van der Waals surface area contributed by atoms with Crippen LogP contribution in [0.3, 0.4) is 0 Å². The molecular formula is C35H42F6N6O4. The van der Waals surface area contributed by atoms with Gasteiger partial charge in [0.1, 0.15) is 5.84 Å². The van der Waals surface area contributed by atoms with Gasteiger partial charge in [-0.15, -0.1) is 0 Å². The highest BCUT2D eigenvalue weighted by atomic mass is 19.4. The van der Waals surface area contributed by atoms with E-state index in [9.17, 15) is 35.9 Å². The number of aryl methyl sites for hydroxylation is 1. The fourth-order valence-electron chi connectivity index (χ4n) is 3.46. The van der Waals surface area contributed by atoms with Crippen LogP contribution in [0, 0.1) is 5.41 Å². The number of nitrogen functional groups attached to an aromatic ring is 1. The minimum atomic E-state index is -5.08. The Hall–Kier alpha value is -5.80. The van der Waals surface area contributed by atoms with Crippen LogP contribution in [0.2, 0.25) is 0 Å². The van der Waals surface area contributed by atoms with Gasteiger partial charge in [-0.1, -0.05) is 52.0 Å². The van der Waals surface area contributed by atoms with Crippen molar-refractivity contribution in [2.24, 2.45) is 11.5 Å². The highest BCUT2D eigenvalue weighted by molar-refractivity contribution is 6.04. The van der Waals surface area contributed by atoms with Crippen LogP contribution in [0.4, 0.5) is 42.5 Å². The van der Waals surface area contributed by atoms with Crippen molar-refractivity contribution in [3.05, 3.63) is 119 Å². The molecule has 0 aromatic heterocycles. The molecule has 3 aromatic carbocycles. The summed E-state index contributed by atoms with van der Waals surface area (Å²) in [5.41, 5.74) is 14.6. The minimum Gasteiger partial charge on any atom is -0.475 e. The highest BCUT2D eigenvalue weighted by Crippen LogP contribution is 2.30. The van der Waals surface area contributed by atoms with E-state index < -0.39 is 23.9 Å². The average molecular weight is 725 g/mol. The van der Waals surface area contributed by atoms with Crippen LogP contribution in [0.25, 0.3) is 0 Å². The second-order valence-electron chi connectivity index (χ2n) is 9.72. The summed E-state index contributed by atoms with van der Waals surface area (Å²) in [5.74, 6) is -3.12. The van der Waals surface area contributed by atoms with Crippen LogP contribution in [0.5, 0.6) is 0 Å². The number of aliphatic carboxylic acids is 1. The van der Waals surface area contributed by atoms with Crippen LogP contribution >= 0.6 is 0 Å². The Morgan fingerprint density at radius 3 is 1.63 bits per heavy atom. The first kappa shape index (κ1) is 45.2. The number of anilines is 2. The Bertz CT molecular complexity index is 1620. The van der Waals surface area contributed by atoms with E-state index in [0.717, 1.165) is 30.5 Å². The second kappa shape index (κ2) is 22.0. The molecular weight excluding hydrogens is 682 g/mol. The molecule has 0 radical (unpaired) electrons. The first-order valence-corrected chi connectivity index (χ1v) is 15.3. The maximum atomic E-state index is 12.4. The summed E-state index contributed by atoms with van der Waals surface area (Å²) in [6.45, 7) is 9.78. The van der Waals surface area contributed by atoms with Gasteiger partial charge in [-0.2, -0.15) is 26.3 Å². The molecule has 0 aliphatic heterocycles. The van der Waals surface area contributed by atoms with Crippen molar-refractivity contribution in [2.45, 2.75) is 59.8 Å². The zero-order valence-corrected chi connectivity index (χ0v) is 28.6. The predicted molar refractivity (Wildman–Crippen MR) is 186 cm³/mol. The number of hydrogen-bond donors (Lipinski definition) is 7. The van der Waals surface area contributed by atoms with Gasteiger partial charge in [-0.05, 0) is 86.0 Å². The lowest BCUT2D eigenvalue weighted by molar-refractivity contribution is -0.192. The van der Waals surface area contributed by atoms with E-state index in [1.807, 2.05) is 45.9 Å². The lowest BCUT2D eigenvalue weighted by Crippen LogP contribution is -2.30. The molecule has 10 nitrogen and oxygen atoms in total. The number of urea groups is 1. The Labute approximate surface area is 292 Å². The van der Waals surface area contributed by atoms with Gasteiger partial charge in [0.25, 0.3) is 5.91 Å². The fraction of sp³-hybridized carbons (Fsp3) is 0.257. The zero-order chi connectivity index (χ0) is 39.4. The molecule has 51 heavy (non-hydrogen) atoms. The van der Waals surface area contributed by atoms with Crippen molar-refractivity contribution in [1.29, 1.82) is 5.41 Å². The smallest absolute Gasteiger partial charge is 0.475 e. The summed E-state index contributed by atoms with van der Waals surface area (Å²) in [6, 6.07) is 17.8. The van der Waals surface area contributed by atoms with E-state index in [2.05, 4.69) is 16.0 Å². The van der Waals surface area contributed by atoms with Gasteiger partial charge < -0.3 is 32.5 Å². The molecule has 3 amide bonds. The quantitative estimate of drug-likeness (QED) is 0.0529. The van der Waals surface area contributed by atoms with Gasteiger partial charge in [0.15, 0.2) is 0 Å². The van der Waals surface area contributed by atoms with E-state index in [0.29, 0.717) is 33.9 Å². The maximum Gasteiger partial charge on any atom is 0.490 e. The minimum absolute atomic E-state index is 0.0139. The summed E-state index contributed by atoms with van der Waals surface area (Å²) in [7, 11) is 0. The van der Waals surface area contributed by atoms with Crippen molar-refractivity contribution in [3.8, 4) is 0 Å². The van der Waals surface area contributed by atoms with Gasteiger partial charge in [-0.3, -0.25) is 10.2 Å². The third kappa shape index (κ3) is 17.4. The molecule has 278 valence electrons. The predicted octanol–water partition coefficient (Wildman–Crippen LogP) is 8.43. The van der Waals surface area contributed by atoms with E-state index in [1.54, 1.807) is 49.4 Å². The maximum absolute atomic E-state index is 12.4. The number of nitrogens with two attached hydrogens (primary N) is 2. The number of alkyl halides is 6. The van der Waals surface area contributed by atoms with Crippen LogP contribution in [0.15, 0.2) is 96.3 Å². The molecule has 0 unspecified atom stereocenters. The van der Waals surface area contributed by atoms with Crippen molar-refractivity contribution < 1.29 is 45.8 Å². The number of nitrogens with one attached hydrogen (secondary N) is 4. The standard InChI is InChI=1S/C16H14F3NO.C15H21N5O.C2HF3O2.C2H6/c1-2-11-3-5-12(6-4-11)15(21)20-14-9-7-13(8-10-14)16(17,18)19;1-3-5-13(12(16)4-2)20-15(21)19-11-8-6-10(7-9-11)14(17)18;3-2(4,5)1(6)7;1-2/h3-10H,2H2,1H3,(H,20,21);4-9H,3,16H2,1-2H3,(H3,17,18)(H2,19,20,21);(H,6,7);1-2H3/b;12-4+,13-5+;;. The van der Waals surface area contributed by atoms with Gasteiger partial charge in [0.05, 0.1) is 17.0 Å². The van der Waals surface area contributed by atoms with Crippen LogP contribution in [0.1, 0.15) is 68.1 Å². The third-order valence-electron chi connectivity index (χ3n) is 6.07. The Morgan fingerprint density at radius 2 is 1.24 bits per heavy atom. The third-order valence-corrected chi connectivity index (χ3v) is 6.07. The number of carbonyl (C=O) groups is 3. The summed E-state index contributed by atoms with van der Waals surface area (Å²) < 4.78 is 69.0. The molecule has 0 spiro atoms. The number of benzene rings is 3. The van der Waals surface area contributed by atoms with Crippen LogP contribution in [-0.2, 0) is 17.4 Å². The van der Waals surface area contributed by atoms with E-state index in [1.165, 1.54) is 12.1 Å². The molecule has 0 atom stereocenters. The number of carboxylic acid groups (broad SMARTS) is 1. The number of allylic oxidation sites excluding steroid dienone is 2. The molecule has 0 bridgehead atoms. The van der Waals surface area contributed by atoms with Crippen molar-refractivity contribution in [3.63, 3.8) is 0 Å². The van der Waals surface area contributed by atoms with Gasteiger partial charge in [0, 0.05) is 22.5 Å². The molecule has 0 heterocycles. The highest BCUT2D eigenvalue weighted by Gasteiger charge is 2.38. The van der Waals surface area contributed by atoms with Crippen molar-refractivity contribution >= 4 is 35.1 Å². The number of amidine groups is 1. The summed E-state index contributed by atoms with van der Waals surface area (Å²) in [6.07, 6.45) is -4.26. The monoisotopic (exact) mass is 724 g/mol.